The van der Waals surface area contributed by atoms with E-state index >= 15 is 0 Å². The quantitative estimate of drug-likeness (QED) is 0.377. The number of H-pyrrole nitrogens is 1. The molecule has 1 aliphatic rings. The highest BCUT2D eigenvalue weighted by molar-refractivity contribution is 7.92. The van der Waals surface area contributed by atoms with Crippen LogP contribution in [0.1, 0.15) is 72.6 Å². The predicted octanol–water partition coefficient (Wildman–Crippen LogP) is 6.17. The molecule has 2 N–H and O–H groups in total. The van der Waals surface area contributed by atoms with Crippen molar-refractivity contribution in [3.05, 3.63) is 87.0 Å². The molecule has 1 aliphatic carbocycles. The molecule has 0 saturated heterocycles. The highest BCUT2D eigenvalue weighted by Gasteiger charge is 2.23. The van der Waals surface area contributed by atoms with E-state index in [-0.39, 0.29) is 6.04 Å². The fraction of sp³-hybridized carbons (Fsp3) is 0.370. The average molecular weight is 514 g/mol. The number of aromatic nitrogens is 2. The van der Waals surface area contributed by atoms with Gasteiger partial charge < -0.3 is 4.74 Å². The van der Waals surface area contributed by atoms with E-state index in [2.05, 4.69) is 21.0 Å². The topological polar surface area (TPSA) is 84.1 Å². The Morgan fingerprint density at radius 2 is 2.00 bits per heavy atom. The van der Waals surface area contributed by atoms with E-state index in [0.717, 1.165) is 66.1 Å². The second-order valence-electron chi connectivity index (χ2n) is 9.09. The van der Waals surface area contributed by atoms with Crippen LogP contribution in [0.2, 0.25) is 5.02 Å². The SMILES string of the molecule is COc1ccc([C@H](C)NS(=O)(=O)/C=C/c2n[nH]c3c2CCCCCC3Cc2cccc(Cl)c2)cc1. The standard InChI is InChI=1S/C27H32ClN3O3S/c1-19(21-11-13-24(34-2)14-12-21)31-35(32,33)16-15-26-25-10-5-3-4-8-22(27(25)30-29-26)17-20-7-6-9-23(28)18-20/h6-7,9,11-16,18-19,22,31H,3-5,8,10,17H2,1-2H3,(H,29,30)/b16-15+/t19-,22?/m0/s1. The van der Waals surface area contributed by atoms with Crippen LogP contribution in [0.4, 0.5) is 0 Å². The summed E-state index contributed by atoms with van der Waals surface area (Å²) in [6, 6.07) is 14.9. The van der Waals surface area contributed by atoms with Crippen molar-refractivity contribution >= 4 is 27.7 Å². The maximum atomic E-state index is 12.8. The molecular weight excluding hydrogens is 482 g/mol. The summed E-state index contributed by atoms with van der Waals surface area (Å²) in [5.41, 5.74) is 4.98. The van der Waals surface area contributed by atoms with Crippen LogP contribution < -0.4 is 9.46 Å². The van der Waals surface area contributed by atoms with Crippen LogP contribution in [0.15, 0.2) is 53.9 Å². The van der Waals surface area contributed by atoms with E-state index in [1.807, 2.05) is 49.4 Å². The number of methoxy groups -OCH3 is 1. The number of nitrogens with one attached hydrogen (secondary N) is 2. The van der Waals surface area contributed by atoms with Gasteiger partial charge in [-0.1, -0.05) is 48.7 Å². The maximum absolute atomic E-state index is 12.8. The lowest BCUT2D eigenvalue weighted by atomic mass is 9.85. The Balaban J connectivity index is 1.51. The molecule has 0 bridgehead atoms. The fourth-order valence-electron chi connectivity index (χ4n) is 4.70. The number of ether oxygens (including phenoxy) is 1. The first-order valence-corrected chi connectivity index (χ1v) is 13.9. The number of nitrogens with zero attached hydrogens (tertiary/aromatic N) is 1. The van der Waals surface area contributed by atoms with Gasteiger partial charge in [0.2, 0.25) is 10.0 Å². The first-order valence-electron chi connectivity index (χ1n) is 12.0. The smallest absolute Gasteiger partial charge is 0.234 e. The van der Waals surface area contributed by atoms with E-state index < -0.39 is 10.0 Å². The summed E-state index contributed by atoms with van der Waals surface area (Å²) >= 11 is 6.20. The zero-order valence-corrected chi connectivity index (χ0v) is 21.7. The van der Waals surface area contributed by atoms with Crippen LogP contribution in [0.25, 0.3) is 6.08 Å². The number of sulfonamides is 1. The van der Waals surface area contributed by atoms with Crippen molar-refractivity contribution in [2.45, 2.75) is 57.4 Å². The van der Waals surface area contributed by atoms with Crippen molar-refractivity contribution in [2.24, 2.45) is 0 Å². The van der Waals surface area contributed by atoms with Crippen LogP contribution in [-0.4, -0.2) is 25.7 Å². The lowest BCUT2D eigenvalue weighted by Crippen LogP contribution is -2.24. The van der Waals surface area contributed by atoms with Crippen LogP contribution in [-0.2, 0) is 22.9 Å². The van der Waals surface area contributed by atoms with Gasteiger partial charge in [0.15, 0.2) is 0 Å². The molecule has 2 atom stereocenters. The third kappa shape index (κ3) is 6.75. The number of hydrogen-bond donors (Lipinski definition) is 2. The van der Waals surface area contributed by atoms with E-state index in [4.69, 9.17) is 16.3 Å². The molecule has 4 rings (SSSR count). The van der Waals surface area contributed by atoms with Crippen molar-refractivity contribution in [1.29, 1.82) is 0 Å². The lowest BCUT2D eigenvalue weighted by molar-refractivity contribution is 0.414. The van der Waals surface area contributed by atoms with Crippen LogP contribution >= 0.6 is 11.6 Å². The van der Waals surface area contributed by atoms with Gasteiger partial charge in [0.05, 0.1) is 12.8 Å². The summed E-state index contributed by atoms with van der Waals surface area (Å²) in [4.78, 5) is 0. The van der Waals surface area contributed by atoms with Gasteiger partial charge in [0.25, 0.3) is 0 Å². The van der Waals surface area contributed by atoms with Crippen LogP contribution in [0.5, 0.6) is 5.75 Å². The normalized spacial score (nSPS) is 17.5. The van der Waals surface area contributed by atoms with Crippen molar-refractivity contribution in [3.8, 4) is 5.75 Å². The zero-order chi connectivity index (χ0) is 24.8. The summed E-state index contributed by atoms with van der Waals surface area (Å²) < 4.78 is 33.5. The molecule has 0 saturated carbocycles. The molecule has 186 valence electrons. The molecule has 1 unspecified atom stereocenters. The molecule has 0 amide bonds. The second-order valence-corrected chi connectivity index (χ2v) is 11.1. The number of benzene rings is 2. The van der Waals surface area contributed by atoms with Crippen molar-refractivity contribution < 1.29 is 13.2 Å². The molecule has 35 heavy (non-hydrogen) atoms. The van der Waals surface area contributed by atoms with E-state index in [0.29, 0.717) is 11.6 Å². The zero-order valence-electron chi connectivity index (χ0n) is 20.1. The molecule has 0 spiro atoms. The first kappa shape index (κ1) is 25.5. The molecule has 6 nitrogen and oxygen atoms in total. The van der Waals surface area contributed by atoms with E-state index in [1.54, 1.807) is 13.2 Å². The van der Waals surface area contributed by atoms with Crippen LogP contribution in [0.3, 0.4) is 0 Å². The summed E-state index contributed by atoms with van der Waals surface area (Å²) in [5, 5.41) is 9.69. The summed E-state index contributed by atoms with van der Waals surface area (Å²) in [6.07, 6.45) is 7.80. The van der Waals surface area contributed by atoms with Gasteiger partial charge in [0.1, 0.15) is 5.75 Å². The van der Waals surface area contributed by atoms with Crippen molar-refractivity contribution in [1.82, 2.24) is 14.9 Å². The largest absolute Gasteiger partial charge is 0.497 e. The molecule has 0 radical (unpaired) electrons. The monoisotopic (exact) mass is 513 g/mol. The van der Waals surface area contributed by atoms with Gasteiger partial charge in [-0.15, -0.1) is 0 Å². The summed E-state index contributed by atoms with van der Waals surface area (Å²) in [6.45, 7) is 1.82. The number of rotatable bonds is 8. The number of halogens is 1. The molecule has 8 heteroatoms. The Labute approximate surface area is 212 Å². The second kappa shape index (κ2) is 11.4. The minimum absolute atomic E-state index is 0.295. The number of hydrogen-bond acceptors (Lipinski definition) is 4. The van der Waals surface area contributed by atoms with Crippen molar-refractivity contribution in [3.63, 3.8) is 0 Å². The van der Waals surface area contributed by atoms with Crippen LogP contribution in [0, 0.1) is 0 Å². The average Bonchev–Trinajstić information content (AvgIpc) is 3.22. The predicted molar refractivity (Wildman–Crippen MR) is 141 cm³/mol. The minimum atomic E-state index is -3.66. The highest BCUT2D eigenvalue weighted by atomic mass is 35.5. The minimum Gasteiger partial charge on any atom is -0.497 e. The summed E-state index contributed by atoms with van der Waals surface area (Å²) in [5.74, 6) is 1.02. The Morgan fingerprint density at radius 3 is 2.74 bits per heavy atom. The Kier molecular flexibility index (Phi) is 8.31. The molecule has 1 aromatic heterocycles. The number of fused-ring (bicyclic) bond motifs is 1. The maximum Gasteiger partial charge on any atom is 0.234 e. The Bertz CT molecular complexity index is 1270. The number of aromatic amines is 1. The fourth-order valence-corrected chi connectivity index (χ4v) is 5.93. The van der Waals surface area contributed by atoms with Gasteiger partial charge in [-0.25, -0.2) is 13.1 Å². The summed E-state index contributed by atoms with van der Waals surface area (Å²) in [7, 11) is -2.06. The molecule has 2 aromatic carbocycles. The van der Waals surface area contributed by atoms with Gasteiger partial charge in [-0.3, -0.25) is 5.10 Å². The molecule has 3 aromatic rings. The Morgan fingerprint density at radius 1 is 1.20 bits per heavy atom. The first-order chi connectivity index (χ1) is 16.8. The molecule has 1 heterocycles. The van der Waals surface area contributed by atoms with Gasteiger partial charge in [-0.2, -0.15) is 5.10 Å². The lowest BCUT2D eigenvalue weighted by Gasteiger charge is -2.20. The van der Waals surface area contributed by atoms with Gasteiger partial charge in [-0.05, 0) is 74.1 Å². The van der Waals surface area contributed by atoms with Crippen molar-refractivity contribution in [2.75, 3.05) is 7.11 Å². The molecule has 0 fully saturated rings. The molecular formula is C27H32ClN3O3S. The third-order valence-corrected chi connectivity index (χ3v) is 7.96. The van der Waals surface area contributed by atoms with E-state index in [9.17, 15) is 8.42 Å². The third-order valence-electron chi connectivity index (χ3n) is 6.55. The van der Waals surface area contributed by atoms with E-state index in [1.165, 1.54) is 11.0 Å². The molecule has 0 aliphatic heterocycles. The van der Waals surface area contributed by atoms with Gasteiger partial charge in [0, 0.05) is 33.6 Å². The van der Waals surface area contributed by atoms with Gasteiger partial charge >= 0.3 is 0 Å². The Hall–Kier alpha value is -2.61. The highest BCUT2D eigenvalue weighted by Crippen LogP contribution is 2.33.